The highest BCUT2D eigenvalue weighted by molar-refractivity contribution is 5.48. The van der Waals surface area contributed by atoms with Crippen LogP contribution < -0.4 is 5.32 Å². The van der Waals surface area contributed by atoms with Crippen molar-refractivity contribution in [3.05, 3.63) is 34.4 Å². The summed E-state index contributed by atoms with van der Waals surface area (Å²) in [6.07, 6.45) is 0.715. The normalized spacial score (nSPS) is 11.2. The minimum Gasteiger partial charge on any atom is -0.396 e. The minimum atomic E-state index is -0.417. The zero-order valence-corrected chi connectivity index (χ0v) is 10.1. The molecule has 1 aromatic rings. The van der Waals surface area contributed by atoms with Crippen LogP contribution in [0.2, 0.25) is 0 Å². The average molecular weight is 238 g/mol. The molecular weight excluding hydrogens is 220 g/mol. The highest BCUT2D eigenvalue weighted by Gasteiger charge is 2.16. The Morgan fingerprint density at radius 1 is 1.35 bits per heavy atom. The molecule has 94 valence electrons. The summed E-state index contributed by atoms with van der Waals surface area (Å²) in [4.78, 5) is 10.1. The van der Waals surface area contributed by atoms with Gasteiger partial charge in [-0.15, -0.1) is 0 Å². The van der Waals surface area contributed by atoms with Crippen molar-refractivity contribution in [1.29, 1.82) is 0 Å². The lowest BCUT2D eigenvalue weighted by molar-refractivity contribution is -0.384. The average Bonchev–Trinajstić information content (AvgIpc) is 2.27. The number of benzene rings is 1. The van der Waals surface area contributed by atoms with E-state index in [2.05, 4.69) is 19.2 Å². The molecule has 0 atom stereocenters. The Balaban J connectivity index is 2.55. The number of nitrogens with one attached hydrogen (secondary N) is 1. The minimum absolute atomic E-state index is 0.00345. The lowest BCUT2D eigenvalue weighted by Crippen LogP contribution is -2.24. The Labute approximate surface area is 101 Å². The zero-order valence-electron chi connectivity index (χ0n) is 10.1. The lowest BCUT2D eigenvalue weighted by Gasteiger charge is -2.24. The molecule has 0 aromatic heterocycles. The van der Waals surface area contributed by atoms with Crippen molar-refractivity contribution < 1.29 is 10.0 Å². The summed E-state index contributed by atoms with van der Waals surface area (Å²) in [7, 11) is 0. The van der Waals surface area contributed by atoms with Crippen molar-refractivity contribution in [2.24, 2.45) is 5.41 Å². The van der Waals surface area contributed by atoms with E-state index in [4.69, 9.17) is 5.11 Å². The molecule has 1 aromatic carbocycles. The quantitative estimate of drug-likeness (QED) is 0.589. The predicted octanol–water partition coefficient (Wildman–Crippen LogP) is 2.42. The lowest BCUT2D eigenvalue weighted by atomic mass is 9.90. The van der Waals surface area contributed by atoms with E-state index in [1.807, 2.05) is 0 Å². The van der Waals surface area contributed by atoms with Gasteiger partial charge < -0.3 is 10.4 Å². The van der Waals surface area contributed by atoms with Crippen LogP contribution in [0.25, 0.3) is 0 Å². The number of hydrogen-bond acceptors (Lipinski definition) is 4. The molecule has 1 rings (SSSR count). The molecule has 0 spiro atoms. The van der Waals surface area contributed by atoms with Gasteiger partial charge in [0.05, 0.1) is 4.92 Å². The van der Waals surface area contributed by atoms with Crippen molar-refractivity contribution in [3.8, 4) is 0 Å². The van der Waals surface area contributed by atoms with Gasteiger partial charge in [0.1, 0.15) is 0 Å². The summed E-state index contributed by atoms with van der Waals surface area (Å²) in [6, 6.07) is 6.32. The molecule has 0 amide bonds. The number of nitro benzene ring substituents is 1. The molecule has 0 heterocycles. The molecule has 2 N–H and O–H groups in total. The number of anilines is 1. The van der Waals surface area contributed by atoms with Crippen LogP contribution in [0.15, 0.2) is 24.3 Å². The fourth-order valence-corrected chi connectivity index (χ4v) is 1.43. The monoisotopic (exact) mass is 238 g/mol. The van der Waals surface area contributed by atoms with Gasteiger partial charge in [-0.05, 0) is 24.0 Å². The number of aliphatic hydroxyl groups is 1. The van der Waals surface area contributed by atoms with E-state index in [0.29, 0.717) is 13.0 Å². The van der Waals surface area contributed by atoms with Crippen LogP contribution in [0.1, 0.15) is 20.3 Å². The molecule has 5 nitrogen and oxygen atoms in total. The molecule has 0 aliphatic heterocycles. The number of aliphatic hydroxyl groups excluding tert-OH is 1. The van der Waals surface area contributed by atoms with Gasteiger partial charge >= 0.3 is 0 Å². The van der Waals surface area contributed by atoms with Crippen molar-refractivity contribution in [1.82, 2.24) is 0 Å². The summed E-state index contributed by atoms with van der Waals surface area (Å²) in [5.41, 5.74) is 0.933. The van der Waals surface area contributed by atoms with Crippen LogP contribution >= 0.6 is 0 Å². The third kappa shape index (κ3) is 4.40. The van der Waals surface area contributed by atoms with Gasteiger partial charge in [0.2, 0.25) is 0 Å². The van der Waals surface area contributed by atoms with Crippen molar-refractivity contribution in [2.75, 3.05) is 18.5 Å². The van der Waals surface area contributed by atoms with Gasteiger partial charge in [-0.3, -0.25) is 10.1 Å². The summed E-state index contributed by atoms with van der Waals surface area (Å²) in [5, 5.41) is 22.6. The maximum Gasteiger partial charge on any atom is 0.269 e. The van der Waals surface area contributed by atoms with Gasteiger partial charge in [0, 0.05) is 31.0 Å². The molecule has 0 saturated carbocycles. The highest BCUT2D eigenvalue weighted by Crippen LogP contribution is 2.21. The van der Waals surface area contributed by atoms with E-state index in [-0.39, 0.29) is 17.7 Å². The topological polar surface area (TPSA) is 75.4 Å². The van der Waals surface area contributed by atoms with E-state index in [9.17, 15) is 10.1 Å². The summed E-state index contributed by atoms with van der Waals surface area (Å²) < 4.78 is 0. The van der Waals surface area contributed by atoms with Gasteiger partial charge in [0.15, 0.2) is 0 Å². The van der Waals surface area contributed by atoms with Gasteiger partial charge in [-0.2, -0.15) is 0 Å². The number of hydrogen-bond donors (Lipinski definition) is 2. The maximum atomic E-state index is 10.5. The van der Waals surface area contributed by atoms with Gasteiger partial charge in [0.25, 0.3) is 5.69 Å². The third-order valence-corrected chi connectivity index (χ3v) is 2.64. The van der Waals surface area contributed by atoms with E-state index in [0.717, 1.165) is 5.69 Å². The second-order valence-corrected chi connectivity index (χ2v) is 4.80. The van der Waals surface area contributed by atoms with Crippen LogP contribution in [-0.2, 0) is 0 Å². The molecule has 0 radical (unpaired) electrons. The van der Waals surface area contributed by atoms with Crippen LogP contribution in [-0.4, -0.2) is 23.2 Å². The number of rotatable bonds is 6. The van der Waals surface area contributed by atoms with Crippen LogP contribution in [0.3, 0.4) is 0 Å². The van der Waals surface area contributed by atoms with Crippen LogP contribution in [0.4, 0.5) is 11.4 Å². The highest BCUT2D eigenvalue weighted by atomic mass is 16.6. The largest absolute Gasteiger partial charge is 0.396 e. The third-order valence-electron chi connectivity index (χ3n) is 2.64. The Morgan fingerprint density at radius 2 is 1.94 bits per heavy atom. The fourth-order valence-electron chi connectivity index (χ4n) is 1.43. The molecule has 0 aliphatic carbocycles. The fraction of sp³-hybridized carbons (Fsp3) is 0.500. The first-order valence-electron chi connectivity index (χ1n) is 5.54. The molecule has 17 heavy (non-hydrogen) atoms. The first-order valence-corrected chi connectivity index (χ1v) is 5.54. The smallest absolute Gasteiger partial charge is 0.269 e. The van der Waals surface area contributed by atoms with E-state index < -0.39 is 4.92 Å². The number of nitrogens with zero attached hydrogens (tertiary/aromatic N) is 1. The first-order chi connectivity index (χ1) is 7.94. The molecule has 5 heteroatoms. The zero-order chi connectivity index (χ0) is 12.9. The number of non-ortho nitro benzene ring substituents is 1. The van der Waals surface area contributed by atoms with Crippen molar-refractivity contribution >= 4 is 11.4 Å². The maximum absolute atomic E-state index is 10.5. The van der Waals surface area contributed by atoms with Crippen molar-refractivity contribution in [2.45, 2.75) is 20.3 Å². The molecular formula is C12H18N2O3. The second-order valence-electron chi connectivity index (χ2n) is 4.80. The van der Waals surface area contributed by atoms with E-state index in [1.165, 1.54) is 12.1 Å². The van der Waals surface area contributed by atoms with E-state index >= 15 is 0 Å². The van der Waals surface area contributed by atoms with Gasteiger partial charge in [-0.1, -0.05) is 13.8 Å². The Kier molecular flexibility index (Phi) is 4.45. The van der Waals surface area contributed by atoms with Crippen LogP contribution in [0, 0.1) is 15.5 Å². The summed E-state index contributed by atoms with van der Waals surface area (Å²) in [6.45, 7) is 4.99. The Hall–Kier alpha value is -1.62. The van der Waals surface area contributed by atoms with Gasteiger partial charge in [-0.25, -0.2) is 0 Å². The summed E-state index contributed by atoms with van der Waals surface area (Å²) in [5.74, 6) is 0. The molecule has 0 bridgehead atoms. The SMILES string of the molecule is CC(C)(CCO)CNc1ccc([N+](=O)[O-])cc1. The number of nitro groups is 1. The summed E-state index contributed by atoms with van der Waals surface area (Å²) >= 11 is 0. The Morgan fingerprint density at radius 3 is 2.41 bits per heavy atom. The molecule has 0 aliphatic rings. The predicted molar refractivity (Wildman–Crippen MR) is 67.1 cm³/mol. The molecule has 0 saturated heterocycles. The van der Waals surface area contributed by atoms with Crippen molar-refractivity contribution in [3.63, 3.8) is 0 Å². The Bertz CT molecular complexity index is 374. The van der Waals surface area contributed by atoms with Crippen LogP contribution in [0.5, 0.6) is 0 Å². The van der Waals surface area contributed by atoms with E-state index in [1.54, 1.807) is 12.1 Å². The second kappa shape index (κ2) is 5.63. The standard InChI is InChI=1S/C12H18N2O3/c1-12(2,7-8-15)9-13-10-3-5-11(6-4-10)14(16)17/h3-6,13,15H,7-9H2,1-2H3. The molecule has 0 fully saturated rings. The molecule has 0 unspecified atom stereocenters. The first kappa shape index (κ1) is 13.4.